The number of carbonyl (C=O) groups is 3. The van der Waals surface area contributed by atoms with E-state index < -0.39 is 34.8 Å². The number of allylic oxidation sites excluding steroid dienone is 2. The van der Waals surface area contributed by atoms with Crippen molar-refractivity contribution in [1.29, 1.82) is 0 Å². The van der Waals surface area contributed by atoms with Gasteiger partial charge in [-0.25, -0.2) is 4.90 Å². The van der Waals surface area contributed by atoms with Gasteiger partial charge in [0.1, 0.15) is 5.57 Å². The van der Waals surface area contributed by atoms with Crippen LogP contribution in [0.5, 0.6) is 0 Å². The zero-order chi connectivity index (χ0) is 27.9. The SMILES string of the molecule is CCN(CC)C(O)(OC1=C(O)C(=O)c2ccccc2C1=O)C1=C(N(C)c2ccccc2)c2ccccc2C1=O. The second-order valence-corrected chi connectivity index (χ2v) is 9.26. The maximum Gasteiger partial charge on any atom is 0.305 e. The molecule has 8 nitrogen and oxygen atoms in total. The molecule has 8 heteroatoms. The molecule has 3 aromatic carbocycles. The van der Waals surface area contributed by atoms with E-state index in [9.17, 15) is 24.6 Å². The van der Waals surface area contributed by atoms with Crippen LogP contribution in [-0.2, 0) is 4.74 Å². The Hall–Kier alpha value is -4.53. The second kappa shape index (κ2) is 9.98. The number of benzene rings is 3. The molecule has 0 heterocycles. The summed E-state index contributed by atoms with van der Waals surface area (Å²) in [6.45, 7) is 3.97. The van der Waals surface area contributed by atoms with Crippen molar-refractivity contribution in [1.82, 2.24) is 4.90 Å². The van der Waals surface area contributed by atoms with Crippen molar-refractivity contribution in [3.05, 3.63) is 118 Å². The Morgan fingerprint density at radius 3 is 1.77 bits per heavy atom. The zero-order valence-corrected chi connectivity index (χ0v) is 21.8. The highest BCUT2D eigenvalue weighted by Gasteiger charge is 2.52. The number of para-hydroxylation sites is 1. The van der Waals surface area contributed by atoms with Crippen LogP contribution in [-0.4, -0.2) is 58.5 Å². The summed E-state index contributed by atoms with van der Waals surface area (Å²) in [5.41, 5.74) is 2.00. The van der Waals surface area contributed by atoms with Crippen LogP contribution < -0.4 is 4.90 Å². The van der Waals surface area contributed by atoms with Gasteiger partial charge in [-0.15, -0.1) is 0 Å². The lowest BCUT2D eigenvalue weighted by Crippen LogP contribution is -2.54. The molecule has 0 bridgehead atoms. The molecule has 0 aliphatic heterocycles. The average molecular weight is 525 g/mol. The summed E-state index contributed by atoms with van der Waals surface area (Å²) >= 11 is 0. The number of hydrogen-bond acceptors (Lipinski definition) is 8. The number of aliphatic hydroxyl groups is 2. The van der Waals surface area contributed by atoms with Crippen LogP contribution in [0.2, 0.25) is 0 Å². The number of rotatable bonds is 8. The van der Waals surface area contributed by atoms with E-state index >= 15 is 0 Å². The lowest BCUT2D eigenvalue weighted by atomic mass is 9.92. The van der Waals surface area contributed by atoms with Crippen LogP contribution in [0.4, 0.5) is 5.69 Å². The molecule has 0 saturated carbocycles. The minimum Gasteiger partial charge on any atom is -0.501 e. The lowest BCUT2D eigenvalue weighted by molar-refractivity contribution is -0.239. The molecule has 0 fully saturated rings. The first kappa shape index (κ1) is 26.1. The van der Waals surface area contributed by atoms with Crippen molar-refractivity contribution in [2.45, 2.75) is 19.8 Å². The molecule has 0 aromatic heterocycles. The Morgan fingerprint density at radius 2 is 1.21 bits per heavy atom. The number of anilines is 1. The van der Waals surface area contributed by atoms with Crippen LogP contribution in [0.1, 0.15) is 50.5 Å². The predicted octanol–water partition coefficient (Wildman–Crippen LogP) is 4.58. The molecule has 2 aliphatic carbocycles. The van der Waals surface area contributed by atoms with E-state index in [-0.39, 0.29) is 29.8 Å². The first-order valence-corrected chi connectivity index (χ1v) is 12.7. The highest BCUT2D eigenvalue weighted by molar-refractivity contribution is 6.26. The van der Waals surface area contributed by atoms with Gasteiger partial charge >= 0.3 is 5.91 Å². The highest BCUT2D eigenvalue weighted by atomic mass is 16.7. The lowest BCUT2D eigenvalue weighted by Gasteiger charge is -2.40. The molecule has 5 rings (SSSR count). The van der Waals surface area contributed by atoms with Crippen molar-refractivity contribution in [2.75, 3.05) is 25.0 Å². The number of fused-ring (bicyclic) bond motifs is 2. The van der Waals surface area contributed by atoms with E-state index in [0.717, 1.165) is 5.69 Å². The monoisotopic (exact) mass is 524 g/mol. The van der Waals surface area contributed by atoms with Gasteiger partial charge in [-0.3, -0.25) is 14.4 Å². The van der Waals surface area contributed by atoms with Gasteiger partial charge in [-0.1, -0.05) is 80.6 Å². The van der Waals surface area contributed by atoms with Crippen LogP contribution in [0.25, 0.3) is 5.70 Å². The molecule has 198 valence electrons. The Kier molecular flexibility index (Phi) is 6.68. The maximum atomic E-state index is 14.0. The maximum absolute atomic E-state index is 14.0. The normalized spacial score (nSPS) is 16.4. The molecule has 0 amide bonds. The quantitative estimate of drug-likeness (QED) is 0.413. The molecular formula is C31H28N2O6. The molecule has 1 unspecified atom stereocenters. The Balaban J connectivity index is 1.74. The summed E-state index contributed by atoms with van der Waals surface area (Å²) in [4.78, 5) is 43.7. The second-order valence-electron chi connectivity index (χ2n) is 9.26. The van der Waals surface area contributed by atoms with Gasteiger partial charge in [-0.05, 0) is 12.1 Å². The average Bonchev–Trinajstić information content (AvgIpc) is 3.27. The van der Waals surface area contributed by atoms with Gasteiger partial charge in [0.2, 0.25) is 23.1 Å². The van der Waals surface area contributed by atoms with E-state index in [0.29, 0.717) is 16.8 Å². The number of Topliss-reactive ketones (excluding diaryl/α,β-unsaturated/α-hetero) is 3. The molecule has 2 aliphatic rings. The van der Waals surface area contributed by atoms with E-state index in [1.807, 2.05) is 30.3 Å². The topological polar surface area (TPSA) is 107 Å². The van der Waals surface area contributed by atoms with Gasteiger partial charge in [-0.2, -0.15) is 0 Å². The zero-order valence-electron chi connectivity index (χ0n) is 21.8. The molecule has 39 heavy (non-hydrogen) atoms. The smallest absolute Gasteiger partial charge is 0.305 e. The van der Waals surface area contributed by atoms with Crippen molar-refractivity contribution in [3.63, 3.8) is 0 Å². The molecule has 0 spiro atoms. The summed E-state index contributed by atoms with van der Waals surface area (Å²) in [6, 6.07) is 22.3. The summed E-state index contributed by atoms with van der Waals surface area (Å²) < 4.78 is 6.01. The number of carbonyl (C=O) groups excluding carboxylic acids is 3. The molecular weight excluding hydrogens is 496 g/mol. The Morgan fingerprint density at radius 1 is 0.718 bits per heavy atom. The Labute approximate surface area is 226 Å². The van der Waals surface area contributed by atoms with Crippen molar-refractivity contribution in [2.24, 2.45) is 0 Å². The van der Waals surface area contributed by atoms with Crippen molar-refractivity contribution in [3.8, 4) is 0 Å². The van der Waals surface area contributed by atoms with Crippen LogP contribution in [0.3, 0.4) is 0 Å². The largest absolute Gasteiger partial charge is 0.501 e. The van der Waals surface area contributed by atoms with Gasteiger partial charge in [0.25, 0.3) is 0 Å². The minimum absolute atomic E-state index is 0.0341. The predicted molar refractivity (Wildman–Crippen MR) is 146 cm³/mol. The van der Waals surface area contributed by atoms with Crippen molar-refractivity contribution >= 4 is 28.7 Å². The first-order valence-electron chi connectivity index (χ1n) is 12.7. The summed E-state index contributed by atoms with van der Waals surface area (Å²) in [5.74, 6) is -6.22. The fraction of sp³-hybridized carbons (Fsp3) is 0.194. The third-order valence-electron chi connectivity index (χ3n) is 7.18. The van der Waals surface area contributed by atoms with Crippen LogP contribution in [0, 0.1) is 0 Å². The minimum atomic E-state index is -2.51. The molecule has 1 atom stereocenters. The molecule has 0 saturated heterocycles. The first-order chi connectivity index (χ1) is 18.7. The summed E-state index contributed by atoms with van der Waals surface area (Å²) in [7, 11) is 1.77. The third kappa shape index (κ3) is 4.05. The number of ether oxygens (including phenoxy) is 1. The summed E-state index contributed by atoms with van der Waals surface area (Å²) in [6.07, 6.45) is 0. The number of ketones is 3. The van der Waals surface area contributed by atoms with E-state index in [1.54, 1.807) is 62.2 Å². The van der Waals surface area contributed by atoms with E-state index in [4.69, 9.17) is 4.74 Å². The molecule has 2 N–H and O–H groups in total. The number of aliphatic hydroxyl groups excluding tert-OH is 1. The summed E-state index contributed by atoms with van der Waals surface area (Å²) in [5, 5.41) is 23.2. The van der Waals surface area contributed by atoms with Gasteiger partial charge in [0, 0.05) is 48.1 Å². The van der Waals surface area contributed by atoms with E-state index in [2.05, 4.69) is 0 Å². The van der Waals surface area contributed by atoms with E-state index in [1.165, 1.54) is 17.0 Å². The molecule has 0 radical (unpaired) electrons. The fourth-order valence-corrected chi connectivity index (χ4v) is 5.20. The molecule has 3 aromatic rings. The third-order valence-corrected chi connectivity index (χ3v) is 7.18. The number of nitrogens with zero attached hydrogens (tertiary/aromatic N) is 2. The van der Waals surface area contributed by atoms with Crippen molar-refractivity contribution < 1.29 is 29.3 Å². The Bertz CT molecular complexity index is 1550. The van der Waals surface area contributed by atoms with Gasteiger partial charge in [0.15, 0.2) is 5.78 Å². The highest BCUT2D eigenvalue weighted by Crippen LogP contribution is 2.44. The standard InChI is InChI=1S/C31H28N2O6/c1-4-33(5-2)31(38,39-30-28(36)23-18-12-11-17-22(23)27(35)29(30)37)24-25(32(3)19-13-7-6-8-14-19)20-15-9-10-16-21(20)26(24)34/h6-18,37-38H,4-5H2,1-3H3. The number of hydrogen-bond donors (Lipinski definition) is 2. The van der Waals surface area contributed by atoms with Crippen LogP contribution >= 0.6 is 0 Å². The van der Waals surface area contributed by atoms with Gasteiger partial charge < -0.3 is 19.8 Å². The number of likely N-dealkylation sites (N-methyl/N-ethyl adjacent to an activating group) is 1. The fourth-order valence-electron chi connectivity index (χ4n) is 5.20. The van der Waals surface area contributed by atoms with Crippen LogP contribution in [0.15, 0.2) is 96.0 Å². The van der Waals surface area contributed by atoms with Gasteiger partial charge in [0.05, 0.1) is 5.70 Å².